The highest BCUT2D eigenvalue weighted by Gasteiger charge is 2.17. The molecule has 2 rings (SSSR count). The summed E-state index contributed by atoms with van der Waals surface area (Å²) in [6, 6.07) is 7.18. The van der Waals surface area contributed by atoms with Crippen LogP contribution in [0.15, 0.2) is 29.6 Å². The van der Waals surface area contributed by atoms with Crippen molar-refractivity contribution in [2.75, 3.05) is 14.1 Å². The minimum absolute atomic E-state index is 0.148. The maximum absolute atomic E-state index is 12.0. The fourth-order valence-corrected chi connectivity index (χ4v) is 2.53. The molecule has 0 radical (unpaired) electrons. The number of para-hydroxylation sites is 1. The van der Waals surface area contributed by atoms with Gasteiger partial charge in [-0.2, -0.15) is 0 Å². The van der Waals surface area contributed by atoms with Crippen LogP contribution in [-0.4, -0.2) is 29.5 Å². The van der Waals surface area contributed by atoms with Gasteiger partial charge in [0.15, 0.2) is 4.80 Å². The number of rotatable bonds is 2. The van der Waals surface area contributed by atoms with Crippen molar-refractivity contribution in [3.8, 4) is 5.69 Å². The Kier molecular flexibility index (Phi) is 3.54. The number of carbonyl (C=O) groups is 1. The summed E-state index contributed by atoms with van der Waals surface area (Å²) in [6.07, 6.45) is 0. The smallest absolute Gasteiger partial charge is 0.271 e. The fourth-order valence-electron chi connectivity index (χ4n) is 1.57. The van der Waals surface area contributed by atoms with Crippen LogP contribution in [0, 0.1) is 5.41 Å². The molecule has 4 nitrogen and oxygen atoms in total. The van der Waals surface area contributed by atoms with E-state index in [0.717, 1.165) is 0 Å². The van der Waals surface area contributed by atoms with Crippen LogP contribution < -0.4 is 4.80 Å². The van der Waals surface area contributed by atoms with E-state index < -0.39 is 0 Å². The monoisotopic (exact) mass is 281 g/mol. The van der Waals surface area contributed by atoms with Crippen LogP contribution in [0.1, 0.15) is 10.5 Å². The second kappa shape index (κ2) is 4.96. The summed E-state index contributed by atoms with van der Waals surface area (Å²) in [4.78, 5) is 13.8. The van der Waals surface area contributed by atoms with Gasteiger partial charge in [-0.25, -0.2) is 0 Å². The molecule has 18 heavy (non-hydrogen) atoms. The third-order valence-electron chi connectivity index (χ3n) is 2.44. The molecular weight excluding hydrogens is 270 g/mol. The number of halogens is 1. The molecule has 0 saturated heterocycles. The molecular formula is C12H12ClN3OS. The standard InChI is InChI=1S/C12H12ClN3OS/c1-15(2)11(17)10-7-18-12(14)16(10)9-6-4-3-5-8(9)13/h3-7,14H,1-2H3. The Morgan fingerprint density at radius 1 is 1.39 bits per heavy atom. The van der Waals surface area contributed by atoms with Crippen molar-refractivity contribution in [2.24, 2.45) is 0 Å². The molecule has 0 aliphatic heterocycles. The van der Waals surface area contributed by atoms with E-state index >= 15 is 0 Å². The molecule has 1 aromatic heterocycles. The Morgan fingerprint density at radius 2 is 2.06 bits per heavy atom. The fraction of sp³-hybridized carbons (Fsp3) is 0.167. The van der Waals surface area contributed by atoms with E-state index in [-0.39, 0.29) is 10.7 Å². The normalized spacial score (nSPS) is 10.4. The summed E-state index contributed by atoms with van der Waals surface area (Å²) in [5.74, 6) is -0.148. The third kappa shape index (κ3) is 2.19. The molecule has 1 N–H and O–H groups in total. The average molecular weight is 282 g/mol. The summed E-state index contributed by atoms with van der Waals surface area (Å²) in [5.41, 5.74) is 1.10. The first-order valence-corrected chi connectivity index (χ1v) is 6.50. The molecule has 0 spiro atoms. The van der Waals surface area contributed by atoms with Crippen LogP contribution in [0.25, 0.3) is 5.69 Å². The largest absolute Gasteiger partial charge is 0.343 e. The van der Waals surface area contributed by atoms with Crippen LogP contribution in [0.5, 0.6) is 0 Å². The zero-order valence-electron chi connectivity index (χ0n) is 9.98. The average Bonchev–Trinajstić information content (AvgIpc) is 2.71. The summed E-state index contributed by atoms with van der Waals surface area (Å²) < 4.78 is 1.56. The Labute approximate surface area is 114 Å². The van der Waals surface area contributed by atoms with Gasteiger partial charge in [0, 0.05) is 19.5 Å². The van der Waals surface area contributed by atoms with Gasteiger partial charge in [0.2, 0.25) is 0 Å². The third-order valence-corrected chi connectivity index (χ3v) is 3.51. The number of hydrogen-bond donors (Lipinski definition) is 1. The molecule has 1 amide bonds. The van der Waals surface area contributed by atoms with Crippen LogP contribution in [0.2, 0.25) is 5.02 Å². The molecule has 0 saturated carbocycles. The number of benzene rings is 1. The molecule has 1 aromatic carbocycles. The van der Waals surface area contributed by atoms with E-state index in [9.17, 15) is 4.79 Å². The van der Waals surface area contributed by atoms with Gasteiger partial charge in [-0.1, -0.05) is 23.7 Å². The number of nitrogens with zero attached hydrogens (tertiary/aromatic N) is 2. The molecule has 0 fully saturated rings. The van der Waals surface area contributed by atoms with Crippen molar-refractivity contribution in [1.29, 1.82) is 5.41 Å². The first-order valence-electron chi connectivity index (χ1n) is 5.24. The molecule has 0 aliphatic rings. The number of thiazole rings is 1. The molecule has 2 aromatic rings. The molecule has 0 aliphatic carbocycles. The van der Waals surface area contributed by atoms with Crippen molar-refractivity contribution >= 4 is 28.8 Å². The molecule has 0 unspecified atom stereocenters. The summed E-state index contributed by atoms with van der Waals surface area (Å²) in [7, 11) is 3.36. The van der Waals surface area contributed by atoms with Gasteiger partial charge < -0.3 is 4.90 Å². The highest BCUT2D eigenvalue weighted by atomic mass is 35.5. The summed E-state index contributed by atoms with van der Waals surface area (Å²) in [5, 5.41) is 10.1. The van der Waals surface area contributed by atoms with Crippen molar-refractivity contribution in [1.82, 2.24) is 9.47 Å². The second-order valence-electron chi connectivity index (χ2n) is 3.91. The number of hydrogen-bond acceptors (Lipinski definition) is 3. The van der Waals surface area contributed by atoms with E-state index in [1.54, 1.807) is 36.2 Å². The van der Waals surface area contributed by atoms with Gasteiger partial charge in [-0.15, -0.1) is 11.3 Å². The van der Waals surface area contributed by atoms with E-state index in [4.69, 9.17) is 17.0 Å². The topological polar surface area (TPSA) is 49.1 Å². The first kappa shape index (κ1) is 12.9. The summed E-state index contributed by atoms with van der Waals surface area (Å²) >= 11 is 7.32. The molecule has 94 valence electrons. The minimum Gasteiger partial charge on any atom is -0.343 e. The predicted molar refractivity (Wildman–Crippen MR) is 72.5 cm³/mol. The van der Waals surface area contributed by atoms with Gasteiger partial charge in [0.1, 0.15) is 5.69 Å². The van der Waals surface area contributed by atoms with Crippen LogP contribution in [-0.2, 0) is 0 Å². The molecule has 0 atom stereocenters. The van der Waals surface area contributed by atoms with Crippen LogP contribution in [0.3, 0.4) is 0 Å². The SMILES string of the molecule is CN(C)C(=O)c1csc(=N)n1-c1ccccc1Cl. The van der Waals surface area contributed by atoms with Crippen molar-refractivity contribution < 1.29 is 4.79 Å². The lowest BCUT2D eigenvalue weighted by Gasteiger charge is -2.13. The second-order valence-corrected chi connectivity index (χ2v) is 5.18. The van der Waals surface area contributed by atoms with Crippen LogP contribution >= 0.6 is 22.9 Å². The Morgan fingerprint density at radius 3 is 2.67 bits per heavy atom. The van der Waals surface area contributed by atoms with Gasteiger partial charge in [-0.3, -0.25) is 14.8 Å². The highest BCUT2D eigenvalue weighted by Crippen LogP contribution is 2.21. The van der Waals surface area contributed by atoms with Gasteiger partial charge in [0.05, 0.1) is 10.7 Å². The van der Waals surface area contributed by atoms with Gasteiger partial charge in [0.25, 0.3) is 5.91 Å². The first-order chi connectivity index (χ1) is 8.52. The minimum atomic E-state index is -0.148. The molecule has 6 heteroatoms. The number of amides is 1. The lowest BCUT2D eigenvalue weighted by molar-refractivity contribution is 0.0819. The van der Waals surface area contributed by atoms with Crippen molar-refractivity contribution in [2.45, 2.75) is 0 Å². The number of carbonyl (C=O) groups excluding carboxylic acids is 1. The Hall–Kier alpha value is -1.59. The molecule has 1 heterocycles. The van der Waals surface area contributed by atoms with E-state index in [0.29, 0.717) is 16.4 Å². The Balaban J connectivity index is 2.66. The number of aromatic nitrogens is 1. The van der Waals surface area contributed by atoms with E-state index in [1.807, 2.05) is 12.1 Å². The number of nitrogens with one attached hydrogen (secondary N) is 1. The van der Waals surface area contributed by atoms with E-state index in [2.05, 4.69) is 0 Å². The maximum Gasteiger partial charge on any atom is 0.271 e. The van der Waals surface area contributed by atoms with Crippen LogP contribution in [0.4, 0.5) is 0 Å². The Bertz CT molecular complexity index is 645. The summed E-state index contributed by atoms with van der Waals surface area (Å²) in [6.45, 7) is 0. The van der Waals surface area contributed by atoms with Crippen molar-refractivity contribution in [3.63, 3.8) is 0 Å². The highest BCUT2D eigenvalue weighted by molar-refractivity contribution is 7.07. The van der Waals surface area contributed by atoms with Crippen molar-refractivity contribution in [3.05, 3.63) is 45.2 Å². The maximum atomic E-state index is 12.0. The van der Waals surface area contributed by atoms with Gasteiger partial charge >= 0.3 is 0 Å². The zero-order valence-corrected chi connectivity index (χ0v) is 11.5. The lowest BCUT2D eigenvalue weighted by atomic mass is 10.3. The predicted octanol–water partition coefficient (Wildman–Crippen LogP) is 2.37. The molecule has 0 bridgehead atoms. The zero-order chi connectivity index (χ0) is 13.3. The lowest BCUT2D eigenvalue weighted by Crippen LogP contribution is -2.27. The quantitative estimate of drug-likeness (QED) is 0.903. The van der Waals surface area contributed by atoms with E-state index in [1.165, 1.54) is 16.2 Å². The van der Waals surface area contributed by atoms with Gasteiger partial charge in [-0.05, 0) is 12.1 Å².